The zero-order valence-corrected chi connectivity index (χ0v) is 17.3. The number of benzene rings is 1. The molecule has 4 rings (SSSR count). The van der Waals surface area contributed by atoms with Crippen LogP contribution < -0.4 is 10.6 Å². The standard InChI is InChI=1S/C20H26N6O2S/c1-26-8-9-28-12-14(26)10-22-20(27)17-13-29-19(25-17)6-7-21-11-18-23-15-4-2-3-5-16(15)24-18/h2-5,13-14,21H,6-12H2,1H3,(H,22,27)(H,23,24). The number of nitrogens with zero attached hydrogens (tertiary/aromatic N) is 3. The summed E-state index contributed by atoms with van der Waals surface area (Å²) < 4.78 is 5.48. The highest BCUT2D eigenvalue weighted by atomic mass is 32.1. The minimum absolute atomic E-state index is 0.123. The summed E-state index contributed by atoms with van der Waals surface area (Å²) in [5, 5.41) is 9.12. The molecule has 0 bridgehead atoms. The first kappa shape index (κ1) is 20.0. The smallest absolute Gasteiger partial charge is 0.270 e. The number of carbonyl (C=O) groups excluding carboxylic acids is 1. The van der Waals surface area contributed by atoms with Gasteiger partial charge in [0.1, 0.15) is 11.5 Å². The molecule has 1 saturated heterocycles. The van der Waals surface area contributed by atoms with E-state index in [-0.39, 0.29) is 11.9 Å². The summed E-state index contributed by atoms with van der Waals surface area (Å²) in [6.07, 6.45) is 0.775. The van der Waals surface area contributed by atoms with Crippen LogP contribution in [-0.4, -0.2) is 71.7 Å². The molecule has 0 spiro atoms. The Hall–Kier alpha value is -2.33. The van der Waals surface area contributed by atoms with Crippen molar-refractivity contribution >= 4 is 28.3 Å². The number of amides is 1. The van der Waals surface area contributed by atoms with Gasteiger partial charge in [-0.2, -0.15) is 0 Å². The Morgan fingerprint density at radius 3 is 3.14 bits per heavy atom. The van der Waals surface area contributed by atoms with Crippen molar-refractivity contribution in [2.45, 2.75) is 19.0 Å². The molecule has 1 amide bonds. The third kappa shape index (κ3) is 5.18. The van der Waals surface area contributed by atoms with E-state index in [0.29, 0.717) is 25.4 Å². The molecule has 8 nitrogen and oxygen atoms in total. The quantitative estimate of drug-likeness (QED) is 0.483. The maximum atomic E-state index is 12.4. The van der Waals surface area contributed by atoms with Crippen molar-refractivity contribution < 1.29 is 9.53 Å². The van der Waals surface area contributed by atoms with Crippen LogP contribution in [0.15, 0.2) is 29.6 Å². The third-order valence-electron chi connectivity index (χ3n) is 5.05. The lowest BCUT2D eigenvalue weighted by Crippen LogP contribution is -2.49. The number of ether oxygens (including phenoxy) is 1. The summed E-state index contributed by atoms with van der Waals surface area (Å²) in [5.74, 6) is 0.795. The van der Waals surface area contributed by atoms with Crippen LogP contribution in [0.25, 0.3) is 11.0 Å². The molecule has 1 aliphatic rings. The van der Waals surface area contributed by atoms with Crippen LogP contribution in [0.3, 0.4) is 0 Å². The van der Waals surface area contributed by atoms with E-state index in [1.165, 1.54) is 11.3 Å². The van der Waals surface area contributed by atoms with Crippen molar-refractivity contribution in [1.82, 2.24) is 30.5 Å². The number of thiazole rings is 1. The number of aromatic nitrogens is 3. The molecule has 1 aromatic carbocycles. The summed E-state index contributed by atoms with van der Waals surface area (Å²) >= 11 is 1.52. The van der Waals surface area contributed by atoms with E-state index in [9.17, 15) is 4.79 Å². The molecule has 3 N–H and O–H groups in total. The first-order chi connectivity index (χ1) is 14.2. The van der Waals surface area contributed by atoms with Gasteiger partial charge in [0.2, 0.25) is 0 Å². The Bertz CT molecular complexity index is 922. The van der Waals surface area contributed by atoms with Crippen molar-refractivity contribution in [3.63, 3.8) is 0 Å². The van der Waals surface area contributed by atoms with Gasteiger partial charge in [-0.1, -0.05) is 12.1 Å². The highest BCUT2D eigenvalue weighted by molar-refractivity contribution is 7.09. The van der Waals surface area contributed by atoms with Gasteiger partial charge in [-0.15, -0.1) is 11.3 Å². The number of nitrogens with one attached hydrogen (secondary N) is 3. The van der Waals surface area contributed by atoms with E-state index in [0.717, 1.165) is 48.0 Å². The molecule has 1 unspecified atom stereocenters. The van der Waals surface area contributed by atoms with Crippen LogP contribution in [0, 0.1) is 0 Å². The fraction of sp³-hybridized carbons (Fsp3) is 0.450. The summed E-state index contributed by atoms with van der Waals surface area (Å²) in [6, 6.07) is 8.21. The zero-order chi connectivity index (χ0) is 20.1. The number of rotatable bonds is 8. The Kier molecular flexibility index (Phi) is 6.50. The molecule has 0 saturated carbocycles. The van der Waals surface area contributed by atoms with Crippen molar-refractivity contribution in [3.05, 3.63) is 46.2 Å². The van der Waals surface area contributed by atoms with E-state index in [1.807, 2.05) is 29.6 Å². The largest absolute Gasteiger partial charge is 0.378 e. The van der Waals surface area contributed by atoms with Crippen LogP contribution in [-0.2, 0) is 17.7 Å². The second kappa shape index (κ2) is 9.45. The minimum Gasteiger partial charge on any atom is -0.378 e. The first-order valence-corrected chi connectivity index (χ1v) is 10.7. The highest BCUT2D eigenvalue weighted by Crippen LogP contribution is 2.12. The predicted octanol–water partition coefficient (Wildman–Crippen LogP) is 1.41. The third-order valence-corrected chi connectivity index (χ3v) is 5.96. The van der Waals surface area contributed by atoms with Crippen LogP contribution in [0.5, 0.6) is 0 Å². The van der Waals surface area contributed by atoms with E-state index >= 15 is 0 Å². The Morgan fingerprint density at radius 2 is 2.28 bits per heavy atom. The number of para-hydroxylation sites is 2. The SMILES string of the molecule is CN1CCOCC1CNC(=O)c1csc(CCNCc2nc3ccccc3[nH]2)n1. The predicted molar refractivity (Wildman–Crippen MR) is 113 cm³/mol. The second-order valence-corrected chi connectivity index (χ2v) is 8.12. The summed E-state index contributed by atoms with van der Waals surface area (Å²) in [6.45, 7) is 4.31. The average molecular weight is 415 g/mol. The number of H-pyrrole nitrogens is 1. The van der Waals surface area contributed by atoms with Crippen molar-refractivity contribution in [2.24, 2.45) is 0 Å². The maximum Gasteiger partial charge on any atom is 0.270 e. The molecule has 1 fully saturated rings. The molecule has 1 atom stereocenters. The van der Waals surface area contributed by atoms with Gasteiger partial charge in [-0.05, 0) is 19.2 Å². The van der Waals surface area contributed by atoms with E-state index in [2.05, 4.69) is 37.5 Å². The number of aromatic amines is 1. The lowest BCUT2D eigenvalue weighted by Gasteiger charge is -2.32. The Morgan fingerprint density at radius 1 is 1.38 bits per heavy atom. The number of hydrogen-bond acceptors (Lipinski definition) is 7. The Labute approximate surface area is 173 Å². The van der Waals surface area contributed by atoms with Gasteiger partial charge >= 0.3 is 0 Å². The van der Waals surface area contributed by atoms with Crippen molar-refractivity contribution in [3.8, 4) is 0 Å². The number of imidazole rings is 1. The molecule has 0 radical (unpaired) electrons. The molecule has 2 aromatic heterocycles. The topological polar surface area (TPSA) is 95.2 Å². The fourth-order valence-corrected chi connectivity index (χ4v) is 4.05. The molecular formula is C20H26N6O2S. The van der Waals surface area contributed by atoms with Crippen LogP contribution >= 0.6 is 11.3 Å². The number of likely N-dealkylation sites (N-methyl/N-ethyl adjacent to an activating group) is 1. The van der Waals surface area contributed by atoms with Gasteiger partial charge in [0.15, 0.2) is 0 Å². The van der Waals surface area contributed by atoms with Crippen LogP contribution in [0.2, 0.25) is 0 Å². The lowest BCUT2D eigenvalue weighted by atomic mass is 10.2. The van der Waals surface area contributed by atoms with E-state index in [1.54, 1.807) is 0 Å². The average Bonchev–Trinajstić information content (AvgIpc) is 3.37. The number of hydrogen-bond donors (Lipinski definition) is 3. The number of fused-ring (bicyclic) bond motifs is 1. The van der Waals surface area contributed by atoms with E-state index < -0.39 is 0 Å². The molecule has 9 heteroatoms. The summed E-state index contributed by atoms with van der Waals surface area (Å²) in [7, 11) is 2.05. The van der Waals surface area contributed by atoms with Crippen molar-refractivity contribution in [1.29, 1.82) is 0 Å². The molecule has 154 valence electrons. The normalized spacial score (nSPS) is 17.6. The highest BCUT2D eigenvalue weighted by Gasteiger charge is 2.20. The van der Waals surface area contributed by atoms with Gasteiger partial charge < -0.3 is 20.4 Å². The first-order valence-electron chi connectivity index (χ1n) is 9.84. The van der Waals surface area contributed by atoms with E-state index in [4.69, 9.17) is 4.74 Å². The minimum atomic E-state index is -0.123. The maximum absolute atomic E-state index is 12.4. The van der Waals surface area contributed by atoms with Gasteiger partial charge in [0.25, 0.3) is 5.91 Å². The van der Waals surface area contributed by atoms with Crippen LogP contribution in [0.1, 0.15) is 21.3 Å². The van der Waals surface area contributed by atoms with Crippen LogP contribution in [0.4, 0.5) is 0 Å². The molecule has 1 aliphatic heterocycles. The van der Waals surface area contributed by atoms with Gasteiger partial charge in [0, 0.05) is 31.4 Å². The van der Waals surface area contributed by atoms with Gasteiger partial charge in [-0.25, -0.2) is 9.97 Å². The number of morpholine rings is 1. The lowest BCUT2D eigenvalue weighted by molar-refractivity contribution is 0.00667. The molecule has 0 aliphatic carbocycles. The molecule has 29 heavy (non-hydrogen) atoms. The van der Waals surface area contributed by atoms with Crippen molar-refractivity contribution in [2.75, 3.05) is 39.9 Å². The molecule has 3 heterocycles. The summed E-state index contributed by atoms with van der Waals surface area (Å²) in [4.78, 5) is 26.9. The molecule has 3 aromatic rings. The zero-order valence-electron chi connectivity index (χ0n) is 16.5. The monoisotopic (exact) mass is 414 g/mol. The van der Waals surface area contributed by atoms with Gasteiger partial charge in [0.05, 0.1) is 41.8 Å². The fourth-order valence-electron chi connectivity index (χ4n) is 3.28. The summed E-state index contributed by atoms with van der Waals surface area (Å²) in [5.41, 5.74) is 2.51. The van der Waals surface area contributed by atoms with Gasteiger partial charge in [-0.3, -0.25) is 9.69 Å². The molecular weight excluding hydrogens is 388 g/mol. The second-order valence-electron chi connectivity index (χ2n) is 7.17. The Balaban J connectivity index is 1.20. The number of carbonyl (C=O) groups is 1.